The lowest BCUT2D eigenvalue weighted by molar-refractivity contribution is 0.0222. The number of carbonyl (C=O) groups is 1. The van der Waals surface area contributed by atoms with E-state index in [1.54, 1.807) is 11.0 Å². The summed E-state index contributed by atoms with van der Waals surface area (Å²) in [4.78, 5) is 13.6. The summed E-state index contributed by atoms with van der Waals surface area (Å²) in [6.07, 6.45) is 0.168. The molecular formula is C14H17BrFNO2. The van der Waals surface area contributed by atoms with Crippen LogP contribution in [-0.2, 0) is 17.7 Å². The number of halogens is 2. The third-order valence-electron chi connectivity index (χ3n) is 2.94. The number of hydrogen-bond donors (Lipinski definition) is 0. The minimum absolute atomic E-state index is 0.221. The minimum Gasteiger partial charge on any atom is -0.444 e. The van der Waals surface area contributed by atoms with Crippen molar-refractivity contribution in [2.45, 2.75) is 39.3 Å². The second-order valence-corrected chi connectivity index (χ2v) is 6.51. The fourth-order valence-electron chi connectivity index (χ4n) is 2.06. The van der Waals surface area contributed by atoms with E-state index in [0.29, 0.717) is 29.5 Å². The zero-order valence-electron chi connectivity index (χ0n) is 11.3. The van der Waals surface area contributed by atoms with Crippen LogP contribution in [0.1, 0.15) is 31.9 Å². The number of carbonyl (C=O) groups excluding carboxylic acids is 1. The number of nitrogens with zero attached hydrogens (tertiary/aromatic N) is 1. The molecule has 104 valence electrons. The Kier molecular flexibility index (Phi) is 3.85. The molecule has 3 nitrogen and oxygen atoms in total. The van der Waals surface area contributed by atoms with E-state index in [1.165, 1.54) is 0 Å². The van der Waals surface area contributed by atoms with Gasteiger partial charge in [-0.25, -0.2) is 9.18 Å². The van der Waals surface area contributed by atoms with Gasteiger partial charge >= 0.3 is 6.09 Å². The van der Waals surface area contributed by atoms with Crippen LogP contribution >= 0.6 is 15.9 Å². The first-order chi connectivity index (χ1) is 8.78. The number of benzene rings is 1. The van der Waals surface area contributed by atoms with Crippen molar-refractivity contribution >= 4 is 22.0 Å². The molecule has 0 saturated heterocycles. The van der Waals surface area contributed by atoms with Gasteiger partial charge in [0.05, 0.1) is 4.47 Å². The highest BCUT2D eigenvalue weighted by atomic mass is 79.9. The Balaban J connectivity index is 2.15. The molecule has 0 radical (unpaired) electrons. The highest BCUT2D eigenvalue weighted by molar-refractivity contribution is 9.10. The summed E-state index contributed by atoms with van der Waals surface area (Å²) in [5, 5.41) is 0. The first-order valence-corrected chi connectivity index (χ1v) is 7.01. The monoisotopic (exact) mass is 329 g/mol. The molecule has 0 fully saturated rings. The predicted molar refractivity (Wildman–Crippen MR) is 74.4 cm³/mol. The summed E-state index contributed by atoms with van der Waals surface area (Å²) in [6.45, 7) is 6.38. The molecule has 0 atom stereocenters. The quantitative estimate of drug-likeness (QED) is 0.722. The summed E-state index contributed by atoms with van der Waals surface area (Å²) in [6, 6.07) is 3.52. The minimum atomic E-state index is -0.512. The van der Waals surface area contributed by atoms with Crippen LogP contribution in [0.25, 0.3) is 0 Å². The Bertz CT molecular complexity index is 511. The Labute approximate surface area is 120 Å². The zero-order chi connectivity index (χ0) is 14.2. The van der Waals surface area contributed by atoms with Crippen molar-refractivity contribution < 1.29 is 13.9 Å². The van der Waals surface area contributed by atoms with Crippen LogP contribution in [-0.4, -0.2) is 23.1 Å². The Morgan fingerprint density at radius 2 is 2.11 bits per heavy atom. The van der Waals surface area contributed by atoms with Crippen LogP contribution in [0.15, 0.2) is 16.6 Å². The van der Waals surface area contributed by atoms with Gasteiger partial charge in [-0.1, -0.05) is 6.07 Å². The van der Waals surface area contributed by atoms with Crippen molar-refractivity contribution in [3.63, 3.8) is 0 Å². The Morgan fingerprint density at radius 3 is 2.74 bits per heavy atom. The molecule has 1 aromatic rings. The van der Waals surface area contributed by atoms with Crippen LogP contribution in [0.3, 0.4) is 0 Å². The van der Waals surface area contributed by atoms with Crippen molar-refractivity contribution in [3.05, 3.63) is 33.5 Å². The molecule has 1 aliphatic rings. The molecule has 0 N–H and O–H groups in total. The molecule has 0 bridgehead atoms. The molecule has 1 aromatic carbocycles. The Hall–Kier alpha value is -1.10. The molecule has 5 heteroatoms. The highest BCUT2D eigenvalue weighted by Gasteiger charge is 2.27. The second-order valence-electron chi connectivity index (χ2n) is 5.65. The van der Waals surface area contributed by atoms with Gasteiger partial charge in [-0.05, 0) is 60.3 Å². The van der Waals surface area contributed by atoms with E-state index >= 15 is 0 Å². The van der Waals surface area contributed by atoms with Gasteiger partial charge < -0.3 is 9.64 Å². The van der Waals surface area contributed by atoms with Crippen LogP contribution < -0.4 is 0 Å². The van der Waals surface area contributed by atoms with Crippen LogP contribution in [0, 0.1) is 5.82 Å². The van der Waals surface area contributed by atoms with Gasteiger partial charge in [0.1, 0.15) is 11.4 Å². The molecule has 2 rings (SSSR count). The van der Waals surface area contributed by atoms with E-state index in [0.717, 1.165) is 5.56 Å². The molecule has 0 unspecified atom stereocenters. The molecule has 1 aliphatic heterocycles. The maximum atomic E-state index is 13.9. The standard InChI is InChI=1S/C14H17BrFNO2/c1-14(2,3)19-13(18)17-7-6-10-9(8-17)4-5-11(15)12(10)16/h4-5H,6-8H2,1-3H3. The number of fused-ring (bicyclic) bond motifs is 1. The lowest BCUT2D eigenvalue weighted by Gasteiger charge is -2.31. The van der Waals surface area contributed by atoms with Gasteiger partial charge in [0.2, 0.25) is 0 Å². The average molecular weight is 330 g/mol. The lowest BCUT2D eigenvalue weighted by atomic mass is 9.99. The van der Waals surface area contributed by atoms with E-state index in [1.807, 2.05) is 26.8 Å². The number of ether oxygens (including phenoxy) is 1. The fourth-order valence-corrected chi connectivity index (χ4v) is 2.44. The van der Waals surface area contributed by atoms with Gasteiger partial charge in [-0.3, -0.25) is 0 Å². The van der Waals surface area contributed by atoms with Crippen molar-refractivity contribution in [2.75, 3.05) is 6.54 Å². The van der Waals surface area contributed by atoms with Crippen molar-refractivity contribution in [3.8, 4) is 0 Å². The van der Waals surface area contributed by atoms with Crippen molar-refractivity contribution in [1.82, 2.24) is 4.90 Å². The molecule has 0 spiro atoms. The molecule has 0 aromatic heterocycles. The largest absolute Gasteiger partial charge is 0.444 e. The van der Waals surface area contributed by atoms with Crippen molar-refractivity contribution in [1.29, 1.82) is 0 Å². The summed E-state index contributed by atoms with van der Waals surface area (Å²) in [7, 11) is 0. The number of hydrogen-bond acceptors (Lipinski definition) is 2. The van der Waals surface area contributed by atoms with Crippen LogP contribution in [0.2, 0.25) is 0 Å². The number of amides is 1. The molecule has 1 heterocycles. The van der Waals surface area contributed by atoms with Crippen LogP contribution in [0.5, 0.6) is 0 Å². The predicted octanol–water partition coefficient (Wildman–Crippen LogP) is 3.88. The molecule has 1 amide bonds. The molecule has 19 heavy (non-hydrogen) atoms. The lowest BCUT2D eigenvalue weighted by Crippen LogP contribution is -2.40. The van der Waals surface area contributed by atoms with E-state index in [9.17, 15) is 9.18 Å². The van der Waals surface area contributed by atoms with Crippen LogP contribution in [0.4, 0.5) is 9.18 Å². The van der Waals surface area contributed by atoms with Gasteiger partial charge in [0, 0.05) is 13.1 Å². The molecule has 0 aliphatic carbocycles. The van der Waals surface area contributed by atoms with E-state index in [4.69, 9.17) is 4.74 Å². The third-order valence-corrected chi connectivity index (χ3v) is 3.55. The van der Waals surface area contributed by atoms with E-state index in [-0.39, 0.29) is 11.9 Å². The van der Waals surface area contributed by atoms with Crippen molar-refractivity contribution in [2.24, 2.45) is 0 Å². The Morgan fingerprint density at radius 1 is 1.42 bits per heavy atom. The summed E-state index contributed by atoms with van der Waals surface area (Å²) >= 11 is 3.18. The zero-order valence-corrected chi connectivity index (χ0v) is 12.9. The summed E-state index contributed by atoms with van der Waals surface area (Å²) in [5.74, 6) is -0.221. The van der Waals surface area contributed by atoms with Gasteiger partial charge in [-0.2, -0.15) is 0 Å². The summed E-state index contributed by atoms with van der Waals surface area (Å²) < 4.78 is 19.7. The van der Waals surface area contributed by atoms with Gasteiger partial charge in [0.25, 0.3) is 0 Å². The van der Waals surface area contributed by atoms with Gasteiger partial charge in [-0.15, -0.1) is 0 Å². The summed E-state index contributed by atoms with van der Waals surface area (Å²) in [5.41, 5.74) is 1.02. The number of rotatable bonds is 0. The second kappa shape index (κ2) is 5.12. The normalized spacial score (nSPS) is 15.1. The maximum absolute atomic E-state index is 13.9. The van der Waals surface area contributed by atoms with E-state index in [2.05, 4.69) is 15.9 Å². The van der Waals surface area contributed by atoms with E-state index < -0.39 is 5.60 Å². The van der Waals surface area contributed by atoms with Gasteiger partial charge in [0.15, 0.2) is 0 Å². The smallest absolute Gasteiger partial charge is 0.410 e. The maximum Gasteiger partial charge on any atom is 0.410 e. The first-order valence-electron chi connectivity index (χ1n) is 6.21. The SMILES string of the molecule is CC(C)(C)OC(=O)N1CCc2c(ccc(Br)c2F)C1. The first kappa shape index (κ1) is 14.3. The molecular weight excluding hydrogens is 313 g/mol. The highest BCUT2D eigenvalue weighted by Crippen LogP contribution is 2.27. The topological polar surface area (TPSA) is 29.5 Å². The molecule has 0 saturated carbocycles. The third kappa shape index (κ3) is 3.26. The fraction of sp³-hybridized carbons (Fsp3) is 0.500. The average Bonchev–Trinajstić information content (AvgIpc) is 2.31.